The highest BCUT2D eigenvalue weighted by Gasteiger charge is 2.17. The number of carbonyl (C=O) groups is 1. The number of aromatic nitrogens is 3. The van der Waals surface area contributed by atoms with Crippen molar-refractivity contribution in [3.8, 4) is 0 Å². The lowest BCUT2D eigenvalue weighted by molar-refractivity contribution is 0.0948. The van der Waals surface area contributed by atoms with Crippen LogP contribution in [0.5, 0.6) is 0 Å². The van der Waals surface area contributed by atoms with Crippen molar-refractivity contribution < 1.29 is 9.53 Å². The van der Waals surface area contributed by atoms with E-state index in [0.29, 0.717) is 31.8 Å². The van der Waals surface area contributed by atoms with E-state index in [4.69, 9.17) is 4.74 Å². The van der Waals surface area contributed by atoms with Crippen LogP contribution in [0.4, 0.5) is 0 Å². The average Bonchev–Trinajstić information content (AvgIpc) is 3.00. The van der Waals surface area contributed by atoms with Gasteiger partial charge in [-0.05, 0) is 31.5 Å². The molecule has 0 saturated heterocycles. The molecule has 0 aliphatic rings. The van der Waals surface area contributed by atoms with Crippen molar-refractivity contribution in [2.45, 2.75) is 26.9 Å². The van der Waals surface area contributed by atoms with Gasteiger partial charge in [-0.25, -0.2) is 0 Å². The second-order valence-corrected chi connectivity index (χ2v) is 5.32. The number of hydrogen-bond donors (Lipinski definition) is 1. The zero-order valence-corrected chi connectivity index (χ0v) is 13.7. The molecular weight excluding hydrogens is 296 g/mol. The number of hydrogen-bond acceptors (Lipinski definition) is 4. The van der Waals surface area contributed by atoms with Gasteiger partial charge >= 0.3 is 0 Å². The van der Waals surface area contributed by atoms with E-state index in [9.17, 15) is 9.59 Å². The maximum Gasteiger partial charge on any atom is 0.263 e. The van der Waals surface area contributed by atoms with E-state index < -0.39 is 0 Å². The number of ether oxygens (including phenoxy) is 1. The molecule has 2 aromatic rings. The van der Waals surface area contributed by atoms with Crippen molar-refractivity contribution >= 4 is 5.91 Å². The van der Waals surface area contributed by atoms with Gasteiger partial charge in [-0.3, -0.25) is 14.3 Å². The number of nitrogens with zero attached hydrogens (tertiary/aromatic N) is 3. The first-order valence-corrected chi connectivity index (χ1v) is 7.50. The molecular formula is C16H22N4O3. The van der Waals surface area contributed by atoms with Crippen molar-refractivity contribution in [1.82, 2.24) is 19.7 Å². The second-order valence-electron chi connectivity index (χ2n) is 5.32. The number of amides is 1. The lowest BCUT2D eigenvalue weighted by Crippen LogP contribution is -2.36. The minimum atomic E-state index is -0.356. The van der Waals surface area contributed by atoms with Gasteiger partial charge < -0.3 is 14.6 Å². The Morgan fingerprint density at radius 3 is 2.78 bits per heavy atom. The molecule has 7 heteroatoms. The summed E-state index contributed by atoms with van der Waals surface area (Å²) in [6.07, 6.45) is 3.50. The summed E-state index contributed by atoms with van der Waals surface area (Å²) in [4.78, 5) is 24.9. The van der Waals surface area contributed by atoms with Crippen LogP contribution in [-0.4, -0.2) is 40.5 Å². The molecule has 0 radical (unpaired) electrons. The van der Waals surface area contributed by atoms with Gasteiger partial charge in [0.15, 0.2) is 0 Å². The first-order chi connectivity index (χ1) is 11.0. The number of nitrogens with one attached hydrogen (secondary N) is 1. The molecule has 0 saturated carbocycles. The summed E-state index contributed by atoms with van der Waals surface area (Å²) in [5.41, 5.74) is 1.40. The fraction of sp³-hybridized carbons (Fsp3) is 0.438. The highest BCUT2D eigenvalue weighted by Crippen LogP contribution is 2.06. The number of methoxy groups -OCH3 is 1. The number of rotatable bonds is 7. The third-order valence-electron chi connectivity index (χ3n) is 3.64. The van der Waals surface area contributed by atoms with Gasteiger partial charge in [0.05, 0.1) is 13.2 Å². The van der Waals surface area contributed by atoms with E-state index in [0.717, 1.165) is 5.69 Å². The fourth-order valence-electron chi connectivity index (χ4n) is 2.47. The number of pyridine rings is 1. The van der Waals surface area contributed by atoms with Crippen molar-refractivity contribution in [1.29, 1.82) is 0 Å². The molecule has 23 heavy (non-hydrogen) atoms. The Morgan fingerprint density at radius 2 is 2.13 bits per heavy atom. The minimum absolute atomic E-state index is 0.187. The normalized spacial score (nSPS) is 10.7. The Kier molecular flexibility index (Phi) is 5.70. The molecule has 1 N–H and O–H groups in total. The molecule has 1 amide bonds. The molecule has 7 nitrogen and oxygen atoms in total. The zero-order valence-electron chi connectivity index (χ0n) is 13.7. The second kappa shape index (κ2) is 7.73. The molecule has 0 fully saturated rings. The van der Waals surface area contributed by atoms with Gasteiger partial charge in [-0.15, -0.1) is 0 Å². The predicted molar refractivity (Wildman–Crippen MR) is 86.6 cm³/mol. The van der Waals surface area contributed by atoms with E-state index in [-0.39, 0.29) is 17.0 Å². The molecule has 0 atom stereocenters. The van der Waals surface area contributed by atoms with Gasteiger partial charge in [0, 0.05) is 38.3 Å². The topological polar surface area (TPSA) is 78.2 Å². The Bertz CT molecular complexity index is 720. The quantitative estimate of drug-likeness (QED) is 0.817. The molecule has 0 aromatic carbocycles. The number of carbonyl (C=O) groups excluding carboxylic acids is 1. The van der Waals surface area contributed by atoms with Crippen LogP contribution in [0.3, 0.4) is 0 Å². The summed E-state index contributed by atoms with van der Waals surface area (Å²) in [6, 6.07) is 3.67. The molecule has 0 aliphatic heterocycles. The molecule has 0 bridgehead atoms. The van der Waals surface area contributed by atoms with Crippen LogP contribution in [0.15, 0.2) is 29.3 Å². The molecule has 0 unspecified atom stereocenters. The Hall–Kier alpha value is -2.41. The number of aryl methyl sites for hydroxylation is 2. The zero-order chi connectivity index (χ0) is 16.8. The Balaban J connectivity index is 2.13. The van der Waals surface area contributed by atoms with E-state index in [1.54, 1.807) is 29.5 Å². The van der Waals surface area contributed by atoms with Crippen LogP contribution in [0.25, 0.3) is 0 Å². The van der Waals surface area contributed by atoms with Crippen molar-refractivity contribution in [3.05, 3.63) is 51.7 Å². The molecule has 0 spiro atoms. The maximum atomic E-state index is 12.6. The SMILES string of the molecule is COCCn1c(C)cc(C)c(C(=O)NCCn2cccn2)c1=O. The van der Waals surface area contributed by atoms with Crippen molar-refractivity contribution in [3.63, 3.8) is 0 Å². The summed E-state index contributed by atoms with van der Waals surface area (Å²) in [5, 5.41) is 6.84. The van der Waals surface area contributed by atoms with Gasteiger partial charge in [-0.2, -0.15) is 5.10 Å². The van der Waals surface area contributed by atoms with E-state index in [1.165, 1.54) is 0 Å². The predicted octanol–water partition coefficient (Wildman–Crippen LogP) is 0.738. The largest absolute Gasteiger partial charge is 0.383 e. The molecule has 2 heterocycles. The minimum Gasteiger partial charge on any atom is -0.383 e. The first-order valence-electron chi connectivity index (χ1n) is 7.50. The summed E-state index contributed by atoms with van der Waals surface area (Å²) >= 11 is 0. The van der Waals surface area contributed by atoms with E-state index in [2.05, 4.69) is 10.4 Å². The van der Waals surface area contributed by atoms with Crippen LogP contribution < -0.4 is 10.9 Å². The lowest BCUT2D eigenvalue weighted by atomic mass is 10.1. The summed E-state index contributed by atoms with van der Waals surface area (Å²) in [5.74, 6) is -0.356. The van der Waals surface area contributed by atoms with E-state index >= 15 is 0 Å². The first kappa shape index (κ1) is 17.0. The van der Waals surface area contributed by atoms with Crippen molar-refractivity contribution in [2.75, 3.05) is 20.3 Å². The van der Waals surface area contributed by atoms with Gasteiger partial charge in [0.1, 0.15) is 5.56 Å². The standard InChI is InChI=1S/C16H22N4O3/c1-12-11-13(2)20(9-10-23-3)16(22)14(12)15(21)17-6-8-19-7-4-5-18-19/h4-5,7,11H,6,8-10H2,1-3H3,(H,17,21). The third-order valence-corrected chi connectivity index (χ3v) is 3.64. The van der Waals surface area contributed by atoms with Crippen LogP contribution in [-0.2, 0) is 17.8 Å². The van der Waals surface area contributed by atoms with Crippen LogP contribution in [0.1, 0.15) is 21.6 Å². The monoisotopic (exact) mass is 318 g/mol. The highest BCUT2D eigenvalue weighted by atomic mass is 16.5. The molecule has 2 rings (SSSR count). The fourth-order valence-corrected chi connectivity index (χ4v) is 2.47. The van der Waals surface area contributed by atoms with Crippen molar-refractivity contribution in [2.24, 2.45) is 0 Å². The van der Waals surface area contributed by atoms with Gasteiger partial charge in [0.2, 0.25) is 0 Å². The summed E-state index contributed by atoms with van der Waals surface area (Å²) in [6.45, 7) is 5.44. The van der Waals surface area contributed by atoms with Crippen LogP contribution >= 0.6 is 0 Å². The summed E-state index contributed by atoms with van der Waals surface area (Å²) < 4.78 is 8.31. The van der Waals surface area contributed by atoms with E-state index in [1.807, 2.05) is 25.3 Å². The van der Waals surface area contributed by atoms with Gasteiger partial charge in [-0.1, -0.05) is 0 Å². The van der Waals surface area contributed by atoms with Crippen LogP contribution in [0, 0.1) is 13.8 Å². The molecule has 2 aromatic heterocycles. The molecule has 0 aliphatic carbocycles. The maximum absolute atomic E-state index is 12.6. The van der Waals surface area contributed by atoms with Crippen LogP contribution in [0.2, 0.25) is 0 Å². The lowest BCUT2D eigenvalue weighted by Gasteiger charge is -2.14. The highest BCUT2D eigenvalue weighted by molar-refractivity contribution is 5.95. The Labute approximate surface area is 134 Å². The average molecular weight is 318 g/mol. The van der Waals surface area contributed by atoms with Gasteiger partial charge in [0.25, 0.3) is 11.5 Å². The summed E-state index contributed by atoms with van der Waals surface area (Å²) in [7, 11) is 1.58. The Morgan fingerprint density at radius 1 is 1.35 bits per heavy atom. The smallest absolute Gasteiger partial charge is 0.263 e. The molecule has 124 valence electrons. The third kappa shape index (κ3) is 4.07.